The first-order valence-electron chi connectivity index (χ1n) is 10.2. The SMILES string of the molecule is CC(CN[C@@H](c1cc(F)cc(C(F)(F)F)c1)c1ccc(Cl)cn1)CN1CCCCC1. The van der Waals surface area contributed by atoms with Crippen LogP contribution in [0.5, 0.6) is 0 Å². The topological polar surface area (TPSA) is 28.2 Å². The molecule has 1 unspecified atom stereocenters. The molecule has 0 aliphatic carbocycles. The van der Waals surface area contributed by atoms with Crippen LogP contribution in [0.25, 0.3) is 0 Å². The molecule has 1 N–H and O–H groups in total. The summed E-state index contributed by atoms with van der Waals surface area (Å²) in [4.78, 5) is 6.67. The van der Waals surface area contributed by atoms with Crippen LogP contribution in [-0.2, 0) is 6.18 Å². The van der Waals surface area contributed by atoms with Crippen LogP contribution in [0.15, 0.2) is 36.5 Å². The van der Waals surface area contributed by atoms with Gasteiger partial charge in [0.25, 0.3) is 0 Å². The van der Waals surface area contributed by atoms with Gasteiger partial charge in [0, 0.05) is 12.7 Å². The molecule has 0 bridgehead atoms. The van der Waals surface area contributed by atoms with Crippen LogP contribution in [0.3, 0.4) is 0 Å². The van der Waals surface area contributed by atoms with Gasteiger partial charge in [-0.15, -0.1) is 0 Å². The number of benzene rings is 1. The van der Waals surface area contributed by atoms with Gasteiger partial charge in [-0.1, -0.05) is 24.9 Å². The Labute approximate surface area is 179 Å². The standard InChI is InChI=1S/C22H26ClF4N3/c1-15(14-30-7-3-2-4-8-30)12-29-21(20-6-5-18(23)13-28-20)16-9-17(22(25,26)27)11-19(24)10-16/h5-6,9-11,13,15,21,29H,2-4,7-8,12,14H2,1H3/t15?,21-/m0/s1. The molecule has 2 aromatic rings. The Balaban J connectivity index is 1.81. The third kappa shape index (κ3) is 6.40. The summed E-state index contributed by atoms with van der Waals surface area (Å²) < 4.78 is 53.7. The van der Waals surface area contributed by atoms with Gasteiger partial charge >= 0.3 is 6.18 Å². The summed E-state index contributed by atoms with van der Waals surface area (Å²) in [6, 6.07) is 5.20. The summed E-state index contributed by atoms with van der Waals surface area (Å²) in [5.74, 6) is -0.657. The lowest BCUT2D eigenvalue weighted by Crippen LogP contribution is -2.37. The Hall–Kier alpha value is -1.70. The summed E-state index contributed by atoms with van der Waals surface area (Å²) in [6.07, 6.45) is 0.458. The monoisotopic (exact) mass is 443 g/mol. The summed E-state index contributed by atoms with van der Waals surface area (Å²) in [6.45, 7) is 5.71. The minimum absolute atomic E-state index is 0.183. The highest BCUT2D eigenvalue weighted by Gasteiger charge is 2.32. The number of nitrogens with one attached hydrogen (secondary N) is 1. The number of rotatable bonds is 7. The van der Waals surface area contributed by atoms with Crippen molar-refractivity contribution < 1.29 is 17.6 Å². The summed E-state index contributed by atoms with van der Waals surface area (Å²) >= 11 is 5.91. The average Bonchev–Trinajstić information content (AvgIpc) is 2.69. The molecule has 164 valence electrons. The molecule has 1 fully saturated rings. The van der Waals surface area contributed by atoms with E-state index in [1.165, 1.54) is 25.5 Å². The zero-order valence-corrected chi connectivity index (χ0v) is 17.6. The lowest BCUT2D eigenvalue weighted by Gasteiger charge is -2.30. The van der Waals surface area contributed by atoms with Gasteiger partial charge in [-0.2, -0.15) is 13.2 Å². The van der Waals surface area contributed by atoms with Crippen LogP contribution in [0.4, 0.5) is 17.6 Å². The van der Waals surface area contributed by atoms with Crippen molar-refractivity contribution in [2.75, 3.05) is 26.2 Å². The van der Waals surface area contributed by atoms with Crippen molar-refractivity contribution >= 4 is 11.6 Å². The van der Waals surface area contributed by atoms with Gasteiger partial charge in [-0.05, 0) is 74.3 Å². The Morgan fingerprint density at radius 2 is 1.87 bits per heavy atom. The fourth-order valence-corrected chi connectivity index (χ4v) is 3.97. The van der Waals surface area contributed by atoms with Crippen LogP contribution >= 0.6 is 11.6 Å². The Bertz CT molecular complexity index is 820. The predicted molar refractivity (Wildman–Crippen MR) is 110 cm³/mol. The normalized spacial score (nSPS) is 17.7. The largest absolute Gasteiger partial charge is 0.416 e. The molecule has 2 atom stereocenters. The quantitative estimate of drug-likeness (QED) is 0.557. The number of piperidine rings is 1. The van der Waals surface area contributed by atoms with Crippen LogP contribution in [0.1, 0.15) is 49.0 Å². The van der Waals surface area contributed by atoms with Crippen molar-refractivity contribution in [2.45, 2.75) is 38.4 Å². The van der Waals surface area contributed by atoms with E-state index in [1.807, 2.05) is 0 Å². The van der Waals surface area contributed by atoms with Crippen LogP contribution in [0.2, 0.25) is 5.02 Å². The molecular formula is C22H26ClF4N3. The minimum Gasteiger partial charge on any atom is -0.305 e. The number of aromatic nitrogens is 1. The summed E-state index contributed by atoms with van der Waals surface area (Å²) in [5.41, 5.74) is -0.342. The minimum atomic E-state index is -4.63. The fourth-order valence-electron chi connectivity index (χ4n) is 3.86. The van der Waals surface area contributed by atoms with Crippen molar-refractivity contribution in [3.05, 3.63) is 64.2 Å². The van der Waals surface area contributed by atoms with E-state index in [4.69, 9.17) is 11.6 Å². The van der Waals surface area contributed by atoms with Crippen molar-refractivity contribution in [3.63, 3.8) is 0 Å². The second-order valence-electron chi connectivity index (χ2n) is 7.98. The number of likely N-dealkylation sites (tertiary alicyclic amines) is 1. The molecule has 3 rings (SSSR count). The number of hydrogen-bond donors (Lipinski definition) is 1. The maximum absolute atomic E-state index is 14.0. The van der Waals surface area contributed by atoms with E-state index in [9.17, 15) is 17.6 Å². The molecule has 1 saturated heterocycles. The van der Waals surface area contributed by atoms with E-state index >= 15 is 0 Å². The molecule has 8 heteroatoms. The fraction of sp³-hybridized carbons (Fsp3) is 0.500. The van der Waals surface area contributed by atoms with Gasteiger partial charge in [-0.3, -0.25) is 4.98 Å². The second kappa shape index (κ2) is 10.1. The number of halogens is 5. The third-order valence-electron chi connectivity index (χ3n) is 5.32. The molecule has 2 heterocycles. The third-order valence-corrected chi connectivity index (χ3v) is 5.54. The number of pyridine rings is 1. The first-order valence-corrected chi connectivity index (χ1v) is 10.5. The second-order valence-corrected chi connectivity index (χ2v) is 8.42. The van der Waals surface area contributed by atoms with E-state index in [1.54, 1.807) is 12.1 Å². The molecule has 0 radical (unpaired) electrons. The molecule has 0 amide bonds. The van der Waals surface area contributed by atoms with Gasteiger partial charge in [-0.25, -0.2) is 4.39 Å². The van der Waals surface area contributed by atoms with Gasteiger partial charge in [0.15, 0.2) is 0 Å². The average molecular weight is 444 g/mol. The molecule has 1 aliphatic heterocycles. The Kier molecular flexibility index (Phi) is 7.71. The molecule has 1 aromatic heterocycles. The highest BCUT2D eigenvalue weighted by atomic mass is 35.5. The number of alkyl halides is 3. The number of nitrogens with zero attached hydrogens (tertiary/aromatic N) is 2. The molecule has 30 heavy (non-hydrogen) atoms. The van der Waals surface area contributed by atoms with Crippen LogP contribution in [0, 0.1) is 11.7 Å². The lowest BCUT2D eigenvalue weighted by atomic mass is 9.99. The van der Waals surface area contributed by atoms with Crippen molar-refractivity contribution in [2.24, 2.45) is 5.92 Å². The first kappa shape index (κ1) is 23.0. The summed E-state index contributed by atoms with van der Waals surface area (Å²) in [7, 11) is 0. The maximum atomic E-state index is 14.0. The highest BCUT2D eigenvalue weighted by Crippen LogP contribution is 2.33. The first-order chi connectivity index (χ1) is 14.2. The zero-order chi connectivity index (χ0) is 21.7. The number of hydrogen-bond acceptors (Lipinski definition) is 3. The Morgan fingerprint density at radius 3 is 2.50 bits per heavy atom. The van der Waals surface area contributed by atoms with Gasteiger partial charge in [0.2, 0.25) is 0 Å². The van der Waals surface area contributed by atoms with Crippen LogP contribution in [-0.4, -0.2) is 36.1 Å². The van der Waals surface area contributed by atoms with Gasteiger partial charge < -0.3 is 10.2 Å². The van der Waals surface area contributed by atoms with E-state index in [2.05, 4.69) is 22.1 Å². The predicted octanol–water partition coefficient (Wildman–Crippen LogP) is 5.69. The van der Waals surface area contributed by atoms with E-state index in [0.717, 1.165) is 31.8 Å². The zero-order valence-electron chi connectivity index (χ0n) is 16.9. The van der Waals surface area contributed by atoms with E-state index < -0.39 is 23.6 Å². The molecule has 1 aromatic carbocycles. The van der Waals surface area contributed by atoms with Crippen molar-refractivity contribution in [1.82, 2.24) is 15.2 Å². The van der Waals surface area contributed by atoms with Gasteiger partial charge in [0.05, 0.1) is 22.3 Å². The van der Waals surface area contributed by atoms with E-state index in [0.29, 0.717) is 23.3 Å². The molecular weight excluding hydrogens is 418 g/mol. The highest BCUT2D eigenvalue weighted by molar-refractivity contribution is 6.30. The van der Waals surface area contributed by atoms with Crippen LogP contribution < -0.4 is 5.32 Å². The van der Waals surface area contributed by atoms with Crippen molar-refractivity contribution in [3.8, 4) is 0 Å². The van der Waals surface area contributed by atoms with Gasteiger partial charge in [0.1, 0.15) is 5.82 Å². The maximum Gasteiger partial charge on any atom is 0.416 e. The molecule has 1 aliphatic rings. The lowest BCUT2D eigenvalue weighted by molar-refractivity contribution is -0.137. The Morgan fingerprint density at radius 1 is 1.13 bits per heavy atom. The molecule has 3 nitrogen and oxygen atoms in total. The van der Waals surface area contributed by atoms with Crippen molar-refractivity contribution in [1.29, 1.82) is 0 Å². The van der Waals surface area contributed by atoms with E-state index in [-0.39, 0.29) is 11.5 Å². The molecule has 0 saturated carbocycles. The molecule has 0 spiro atoms. The summed E-state index contributed by atoms with van der Waals surface area (Å²) in [5, 5.41) is 3.72. The smallest absolute Gasteiger partial charge is 0.305 e.